The standard InChI is InChI=1S/C39H44N6S/c1-38(2)30-19-10-12-21-32(30)43(5)34(38)25-23-27-15-14-16-28(24-26-35-39(3,4)31-20-11-13-22-33(31)44(35)6)36(27)46-37-40-41-42-45(37)29-17-8-7-9-18-29/h7-13,17-26,34,41-42H,14-16H2,1-6H3/b25-23+,28-24+,35-26+. The van der Waals surface area contributed by atoms with E-state index in [9.17, 15) is 0 Å². The molecule has 6 nitrogen and oxygen atoms in total. The second-order valence-corrected chi connectivity index (χ2v) is 14.7. The Bertz CT molecular complexity index is 1800. The molecule has 7 rings (SSSR count). The van der Waals surface area contributed by atoms with Gasteiger partial charge in [0.15, 0.2) is 0 Å². The third-order valence-electron chi connectivity index (χ3n) is 10.2. The van der Waals surface area contributed by atoms with Crippen molar-refractivity contribution >= 4 is 34.0 Å². The lowest BCUT2D eigenvalue weighted by Crippen LogP contribution is -2.40. The fraction of sp³-hybridized carbons (Fsp3) is 0.308. The van der Waals surface area contributed by atoms with E-state index in [-0.39, 0.29) is 16.9 Å². The Kier molecular flexibility index (Phi) is 7.86. The molecule has 0 saturated carbocycles. The minimum atomic E-state index is -0.0715. The largest absolute Gasteiger partial charge is 0.367 e. The molecular formula is C39H44N6S. The van der Waals surface area contributed by atoms with E-state index in [2.05, 4.69) is 165 Å². The van der Waals surface area contributed by atoms with Crippen LogP contribution in [0.3, 0.4) is 0 Å². The summed E-state index contributed by atoms with van der Waals surface area (Å²) in [6.45, 7) is 9.40. The Hall–Kier alpha value is -4.20. The van der Waals surface area contributed by atoms with E-state index in [0.29, 0.717) is 0 Å². The number of anilines is 3. The first kappa shape index (κ1) is 30.5. The van der Waals surface area contributed by atoms with Gasteiger partial charge in [0.2, 0.25) is 5.17 Å². The van der Waals surface area contributed by atoms with Gasteiger partial charge >= 0.3 is 0 Å². The van der Waals surface area contributed by atoms with Crippen molar-refractivity contribution in [3.05, 3.63) is 136 Å². The molecule has 0 amide bonds. The van der Waals surface area contributed by atoms with Gasteiger partial charge in [0.1, 0.15) is 0 Å². The number of hydrogen-bond acceptors (Lipinski definition) is 7. The van der Waals surface area contributed by atoms with Crippen molar-refractivity contribution in [1.29, 1.82) is 0 Å². The second kappa shape index (κ2) is 11.9. The first-order chi connectivity index (χ1) is 22.2. The molecule has 0 fully saturated rings. The molecule has 0 aromatic heterocycles. The topological polar surface area (TPSA) is 46.1 Å². The average Bonchev–Trinajstić information content (AvgIpc) is 3.66. The zero-order valence-electron chi connectivity index (χ0n) is 27.7. The van der Waals surface area contributed by atoms with Crippen LogP contribution in [0.1, 0.15) is 58.1 Å². The SMILES string of the molecule is CN1/C(=C/C=C2\CCCC(/C=C/C3N(C)c4ccccc4C3(C)C)=C2SC2=NNNN2c2ccccc2)C(C)(C)c2ccccc21. The van der Waals surface area contributed by atoms with Crippen molar-refractivity contribution < 1.29 is 0 Å². The van der Waals surface area contributed by atoms with Gasteiger partial charge in [-0.1, -0.05) is 101 Å². The molecule has 0 radical (unpaired) electrons. The van der Waals surface area contributed by atoms with Crippen LogP contribution >= 0.6 is 11.8 Å². The van der Waals surface area contributed by atoms with Crippen LogP contribution < -0.4 is 25.9 Å². The molecule has 3 aliphatic heterocycles. The molecule has 46 heavy (non-hydrogen) atoms. The number of fused-ring (bicyclic) bond motifs is 2. The van der Waals surface area contributed by atoms with Gasteiger partial charge in [-0.05, 0) is 83.6 Å². The van der Waals surface area contributed by atoms with Gasteiger partial charge in [-0.15, -0.1) is 10.6 Å². The van der Waals surface area contributed by atoms with E-state index in [4.69, 9.17) is 0 Å². The molecule has 236 valence electrons. The highest BCUT2D eigenvalue weighted by atomic mass is 32.2. The highest BCUT2D eigenvalue weighted by Gasteiger charge is 2.41. The summed E-state index contributed by atoms with van der Waals surface area (Å²) in [4.78, 5) is 6.08. The number of amidine groups is 1. The van der Waals surface area contributed by atoms with Crippen LogP contribution in [0.25, 0.3) is 0 Å². The minimum Gasteiger partial charge on any atom is -0.367 e. The summed E-state index contributed by atoms with van der Waals surface area (Å²) in [6, 6.07) is 28.2. The number of hydrogen-bond donors (Lipinski definition) is 2. The fourth-order valence-corrected chi connectivity index (χ4v) is 8.78. The van der Waals surface area contributed by atoms with Crippen LogP contribution in [0.4, 0.5) is 17.1 Å². The third kappa shape index (κ3) is 5.16. The molecule has 3 aromatic rings. The Morgan fingerprint density at radius 1 is 0.826 bits per heavy atom. The van der Waals surface area contributed by atoms with Crippen molar-refractivity contribution in [2.24, 2.45) is 5.10 Å². The lowest BCUT2D eigenvalue weighted by atomic mass is 9.80. The molecule has 3 heterocycles. The maximum atomic E-state index is 4.68. The Morgan fingerprint density at radius 3 is 2.26 bits per heavy atom. The number of para-hydroxylation sites is 3. The third-order valence-corrected chi connectivity index (χ3v) is 11.4. The Labute approximate surface area is 278 Å². The first-order valence-electron chi connectivity index (χ1n) is 16.3. The maximum absolute atomic E-state index is 4.68. The van der Waals surface area contributed by atoms with E-state index < -0.39 is 0 Å². The Balaban J connectivity index is 1.28. The summed E-state index contributed by atoms with van der Waals surface area (Å²) in [5.74, 6) is 0. The number of hydrazine groups is 2. The monoisotopic (exact) mass is 628 g/mol. The van der Waals surface area contributed by atoms with Gasteiger partial charge in [0, 0.05) is 46.9 Å². The summed E-state index contributed by atoms with van der Waals surface area (Å²) < 4.78 is 0. The highest BCUT2D eigenvalue weighted by Crippen LogP contribution is 2.48. The number of likely N-dealkylation sites (N-methyl/N-ethyl adjacent to an activating group) is 2. The predicted octanol–water partition coefficient (Wildman–Crippen LogP) is 8.55. The smallest absolute Gasteiger partial charge is 0.209 e. The quantitative estimate of drug-likeness (QED) is 0.295. The van der Waals surface area contributed by atoms with Gasteiger partial charge < -0.3 is 9.80 Å². The number of allylic oxidation sites excluding steroid dienone is 6. The van der Waals surface area contributed by atoms with Crippen molar-refractivity contribution in [2.75, 3.05) is 28.9 Å². The highest BCUT2D eigenvalue weighted by molar-refractivity contribution is 8.17. The van der Waals surface area contributed by atoms with Crippen molar-refractivity contribution in [3.63, 3.8) is 0 Å². The van der Waals surface area contributed by atoms with Gasteiger partial charge in [0.25, 0.3) is 0 Å². The zero-order valence-corrected chi connectivity index (χ0v) is 28.5. The van der Waals surface area contributed by atoms with Gasteiger partial charge in [-0.2, -0.15) is 0 Å². The van der Waals surface area contributed by atoms with Crippen LogP contribution in [0.2, 0.25) is 0 Å². The molecule has 0 saturated heterocycles. The molecule has 3 aromatic carbocycles. The normalized spacial score (nSPS) is 23.4. The van der Waals surface area contributed by atoms with Crippen molar-refractivity contribution in [3.8, 4) is 0 Å². The summed E-state index contributed by atoms with van der Waals surface area (Å²) in [5.41, 5.74) is 16.6. The molecule has 2 N–H and O–H groups in total. The second-order valence-electron chi connectivity index (χ2n) is 13.7. The fourth-order valence-electron chi connectivity index (χ4n) is 7.66. The number of nitrogens with one attached hydrogen (secondary N) is 2. The Morgan fingerprint density at radius 2 is 1.52 bits per heavy atom. The van der Waals surface area contributed by atoms with E-state index in [1.807, 2.05) is 11.1 Å². The summed E-state index contributed by atoms with van der Waals surface area (Å²) in [7, 11) is 4.42. The maximum Gasteiger partial charge on any atom is 0.209 e. The summed E-state index contributed by atoms with van der Waals surface area (Å²) >= 11 is 1.74. The molecule has 1 unspecified atom stereocenters. The number of rotatable bonds is 5. The molecule has 1 aliphatic carbocycles. The van der Waals surface area contributed by atoms with Crippen LogP contribution in [-0.2, 0) is 10.8 Å². The number of benzene rings is 3. The number of hydrazone groups is 1. The van der Waals surface area contributed by atoms with Crippen LogP contribution in [0.15, 0.2) is 130 Å². The van der Waals surface area contributed by atoms with Crippen LogP contribution in [0, 0.1) is 0 Å². The van der Waals surface area contributed by atoms with Gasteiger partial charge in [0.05, 0.1) is 11.7 Å². The average molecular weight is 629 g/mol. The van der Waals surface area contributed by atoms with Crippen molar-refractivity contribution in [1.82, 2.24) is 11.1 Å². The molecule has 0 spiro atoms. The molecule has 0 bridgehead atoms. The molecular weight excluding hydrogens is 585 g/mol. The van der Waals surface area contributed by atoms with Crippen LogP contribution in [-0.4, -0.2) is 25.3 Å². The van der Waals surface area contributed by atoms with E-state index in [1.54, 1.807) is 11.8 Å². The number of thioether (sulfide) groups is 1. The first-order valence-corrected chi connectivity index (χ1v) is 17.1. The minimum absolute atomic E-state index is 0.00853. The van der Waals surface area contributed by atoms with Gasteiger partial charge in [-0.25, -0.2) is 10.5 Å². The van der Waals surface area contributed by atoms with Gasteiger partial charge in [-0.3, -0.25) is 0 Å². The summed E-state index contributed by atoms with van der Waals surface area (Å²) in [5, 5.41) is 7.59. The molecule has 1 atom stereocenters. The van der Waals surface area contributed by atoms with E-state index in [0.717, 1.165) is 30.1 Å². The lowest BCUT2D eigenvalue weighted by molar-refractivity contribution is 0.487. The lowest BCUT2D eigenvalue weighted by Gasteiger charge is -2.30. The van der Waals surface area contributed by atoms with Crippen LogP contribution in [0.5, 0.6) is 0 Å². The zero-order chi connectivity index (χ0) is 32.1. The predicted molar refractivity (Wildman–Crippen MR) is 196 cm³/mol. The van der Waals surface area contributed by atoms with Crippen molar-refractivity contribution in [2.45, 2.75) is 63.8 Å². The summed E-state index contributed by atoms with van der Waals surface area (Å²) in [6.07, 6.45) is 12.8. The molecule has 7 heteroatoms. The molecule has 4 aliphatic rings. The van der Waals surface area contributed by atoms with E-state index >= 15 is 0 Å². The number of nitrogens with zero attached hydrogens (tertiary/aromatic N) is 4. The van der Waals surface area contributed by atoms with E-state index in [1.165, 1.54) is 44.3 Å².